The second-order valence-electron chi connectivity index (χ2n) is 4.96. The van der Waals surface area contributed by atoms with Crippen LogP contribution in [0.2, 0.25) is 0 Å². The van der Waals surface area contributed by atoms with E-state index in [-0.39, 0.29) is 17.8 Å². The quantitative estimate of drug-likeness (QED) is 0.664. The molecule has 0 spiro atoms. The van der Waals surface area contributed by atoms with Crippen LogP contribution in [0.25, 0.3) is 0 Å². The number of hydrogen-bond acceptors (Lipinski definition) is 3. The number of carboxylic acid groups (broad SMARTS) is 1. The first-order valence-electron chi connectivity index (χ1n) is 6.05. The van der Waals surface area contributed by atoms with Gasteiger partial charge in [0.2, 0.25) is 0 Å². The van der Waals surface area contributed by atoms with Gasteiger partial charge in [-0.2, -0.15) is 0 Å². The van der Waals surface area contributed by atoms with Gasteiger partial charge in [0.05, 0.1) is 17.7 Å². The van der Waals surface area contributed by atoms with E-state index in [2.05, 4.69) is 10.6 Å². The zero-order valence-corrected chi connectivity index (χ0v) is 11.5. The van der Waals surface area contributed by atoms with E-state index in [1.807, 2.05) is 0 Å². The molecule has 4 N–H and O–H groups in total. The van der Waals surface area contributed by atoms with Gasteiger partial charge < -0.3 is 20.8 Å². The van der Waals surface area contributed by atoms with Crippen molar-refractivity contribution in [2.75, 3.05) is 11.9 Å². The number of amides is 2. The first-order valence-corrected chi connectivity index (χ1v) is 6.05. The van der Waals surface area contributed by atoms with Crippen molar-refractivity contribution in [3.63, 3.8) is 0 Å². The lowest BCUT2D eigenvalue weighted by Crippen LogP contribution is -2.43. The number of carbonyl (C=O) groups is 2. The average Bonchev–Trinajstić information content (AvgIpc) is 2.32. The summed E-state index contributed by atoms with van der Waals surface area (Å²) in [7, 11) is 0. The molecule has 6 nitrogen and oxygen atoms in total. The second kappa shape index (κ2) is 6.49. The van der Waals surface area contributed by atoms with Crippen molar-refractivity contribution in [1.29, 1.82) is 0 Å². The molecule has 1 atom stereocenters. The fraction of sp³-hybridized carbons (Fsp3) is 0.385. The lowest BCUT2D eigenvalue weighted by atomic mass is 10.0. The van der Waals surface area contributed by atoms with Gasteiger partial charge in [0.15, 0.2) is 0 Å². The summed E-state index contributed by atoms with van der Waals surface area (Å²) in [5, 5.41) is 22.5. The lowest BCUT2D eigenvalue weighted by Gasteiger charge is -2.21. The van der Waals surface area contributed by atoms with Crippen LogP contribution in [-0.2, 0) is 4.79 Å². The Bertz CT molecular complexity index is 561. The molecule has 0 fully saturated rings. The average molecular weight is 302 g/mol. The Balaban J connectivity index is 2.62. The van der Waals surface area contributed by atoms with E-state index in [0.717, 1.165) is 12.1 Å². The van der Waals surface area contributed by atoms with Crippen molar-refractivity contribution >= 4 is 17.7 Å². The Hall–Kier alpha value is -2.22. The molecule has 0 bridgehead atoms. The van der Waals surface area contributed by atoms with Gasteiger partial charge in [-0.15, -0.1) is 0 Å². The molecule has 0 aliphatic carbocycles. The van der Waals surface area contributed by atoms with E-state index in [9.17, 15) is 23.5 Å². The summed E-state index contributed by atoms with van der Waals surface area (Å²) in [6.45, 7) is 2.25. The van der Waals surface area contributed by atoms with Crippen LogP contribution in [0, 0.1) is 18.6 Å². The molecule has 0 saturated heterocycles. The standard InChI is InChI=1S/C13H16F2N2O4/c1-7-3-9(15)10(4-8(7)14)17-12(20)16-6-13(2,21)5-11(18)19/h3-4,21H,5-6H2,1-2H3,(H,18,19)(H2,16,17,20). The zero-order chi connectivity index (χ0) is 16.2. The number of nitrogens with one attached hydrogen (secondary N) is 2. The van der Waals surface area contributed by atoms with Crippen LogP contribution < -0.4 is 10.6 Å². The van der Waals surface area contributed by atoms with E-state index in [1.165, 1.54) is 13.8 Å². The molecular formula is C13H16F2N2O4. The van der Waals surface area contributed by atoms with Crippen LogP contribution in [0.4, 0.5) is 19.3 Å². The maximum Gasteiger partial charge on any atom is 0.319 e. The largest absolute Gasteiger partial charge is 0.481 e. The maximum atomic E-state index is 13.5. The van der Waals surface area contributed by atoms with Crippen molar-refractivity contribution in [2.45, 2.75) is 25.9 Å². The molecule has 0 radical (unpaired) electrons. The van der Waals surface area contributed by atoms with Gasteiger partial charge in [0.1, 0.15) is 11.6 Å². The van der Waals surface area contributed by atoms with Gasteiger partial charge in [-0.05, 0) is 25.5 Å². The van der Waals surface area contributed by atoms with Gasteiger partial charge in [-0.1, -0.05) is 0 Å². The highest BCUT2D eigenvalue weighted by atomic mass is 19.1. The first-order chi connectivity index (χ1) is 9.60. The molecule has 0 aromatic heterocycles. The predicted octanol–water partition coefficient (Wildman–Crippen LogP) is 1.62. The Kier molecular flexibility index (Phi) is 5.20. The van der Waals surface area contributed by atoms with E-state index >= 15 is 0 Å². The monoisotopic (exact) mass is 302 g/mol. The minimum absolute atomic E-state index is 0.0999. The summed E-state index contributed by atoms with van der Waals surface area (Å²) >= 11 is 0. The summed E-state index contributed by atoms with van der Waals surface area (Å²) in [5.74, 6) is -2.71. The van der Waals surface area contributed by atoms with E-state index in [4.69, 9.17) is 5.11 Å². The van der Waals surface area contributed by atoms with Crippen LogP contribution in [0.1, 0.15) is 18.9 Å². The first kappa shape index (κ1) is 16.8. The Morgan fingerprint density at radius 1 is 1.29 bits per heavy atom. The van der Waals surface area contributed by atoms with Crippen LogP contribution >= 0.6 is 0 Å². The van der Waals surface area contributed by atoms with Gasteiger partial charge in [0.25, 0.3) is 0 Å². The van der Waals surface area contributed by atoms with Gasteiger partial charge in [-0.3, -0.25) is 4.79 Å². The Morgan fingerprint density at radius 3 is 2.48 bits per heavy atom. The highest BCUT2D eigenvalue weighted by molar-refractivity contribution is 5.89. The van der Waals surface area contributed by atoms with Crippen LogP contribution in [0.3, 0.4) is 0 Å². The van der Waals surface area contributed by atoms with E-state index < -0.39 is 35.7 Å². The molecule has 0 heterocycles. The molecule has 21 heavy (non-hydrogen) atoms. The molecule has 1 unspecified atom stereocenters. The number of carbonyl (C=O) groups excluding carboxylic acids is 1. The number of aliphatic hydroxyl groups is 1. The van der Waals surface area contributed by atoms with E-state index in [0.29, 0.717) is 0 Å². The van der Waals surface area contributed by atoms with Crippen molar-refractivity contribution in [1.82, 2.24) is 5.32 Å². The van der Waals surface area contributed by atoms with Crippen LogP contribution in [-0.4, -0.2) is 34.4 Å². The number of carboxylic acids is 1. The number of aryl methyl sites for hydroxylation is 1. The second-order valence-corrected chi connectivity index (χ2v) is 4.96. The minimum Gasteiger partial charge on any atom is -0.481 e. The zero-order valence-electron chi connectivity index (χ0n) is 11.5. The number of halogens is 2. The molecule has 1 aromatic rings. The molecule has 2 amide bonds. The molecule has 116 valence electrons. The number of urea groups is 1. The summed E-state index contributed by atoms with van der Waals surface area (Å²) in [6, 6.07) is 0.883. The van der Waals surface area contributed by atoms with Gasteiger partial charge >= 0.3 is 12.0 Å². The van der Waals surface area contributed by atoms with Crippen molar-refractivity contribution in [3.05, 3.63) is 29.3 Å². The highest BCUT2D eigenvalue weighted by Gasteiger charge is 2.25. The number of anilines is 1. The smallest absolute Gasteiger partial charge is 0.319 e. The normalized spacial score (nSPS) is 13.4. The summed E-state index contributed by atoms with van der Waals surface area (Å²) in [6.07, 6.45) is -0.569. The SMILES string of the molecule is Cc1cc(F)c(NC(=O)NCC(C)(O)CC(=O)O)cc1F. The van der Waals surface area contributed by atoms with Crippen molar-refractivity contribution in [2.24, 2.45) is 0 Å². The van der Waals surface area contributed by atoms with Crippen molar-refractivity contribution in [3.8, 4) is 0 Å². The third-order valence-electron chi connectivity index (χ3n) is 2.66. The number of aliphatic carboxylic acids is 1. The third kappa shape index (κ3) is 5.35. The molecule has 1 rings (SSSR count). The summed E-state index contributed by atoms with van der Waals surface area (Å²) < 4.78 is 26.8. The topological polar surface area (TPSA) is 98.7 Å². The Morgan fingerprint density at radius 2 is 1.90 bits per heavy atom. The molecule has 0 aliphatic heterocycles. The fourth-order valence-electron chi connectivity index (χ4n) is 1.57. The van der Waals surface area contributed by atoms with E-state index in [1.54, 1.807) is 0 Å². The number of rotatable bonds is 5. The Labute approximate surface area is 119 Å². The highest BCUT2D eigenvalue weighted by Crippen LogP contribution is 2.18. The molecule has 1 aromatic carbocycles. The summed E-state index contributed by atoms with van der Waals surface area (Å²) in [5.41, 5.74) is -1.91. The van der Waals surface area contributed by atoms with Gasteiger partial charge in [-0.25, -0.2) is 13.6 Å². The fourth-order valence-corrected chi connectivity index (χ4v) is 1.57. The molecule has 0 saturated carbocycles. The third-order valence-corrected chi connectivity index (χ3v) is 2.66. The van der Waals surface area contributed by atoms with Crippen LogP contribution in [0.5, 0.6) is 0 Å². The number of benzene rings is 1. The lowest BCUT2D eigenvalue weighted by molar-refractivity contribution is -0.141. The maximum absolute atomic E-state index is 13.5. The molecular weight excluding hydrogens is 286 g/mol. The molecule has 0 aliphatic rings. The van der Waals surface area contributed by atoms with Gasteiger partial charge in [0, 0.05) is 12.6 Å². The van der Waals surface area contributed by atoms with Crippen LogP contribution in [0.15, 0.2) is 12.1 Å². The van der Waals surface area contributed by atoms with Crippen molar-refractivity contribution < 1.29 is 28.6 Å². The minimum atomic E-state index is -1.65. The number of hydrogen-bond donors (Lipinski definition) is 4. The molecule has 8 heteroatoms. The predicted molar refractivity (Wildman–Crippen MR) is 71.0 cm³/mol. The summed E-state index contributed by atoms with van der Waals surface area (Å²) in [4.78, 5) is 22.0.